The smallest absolute Gasteiger partial charge is 0.410 e. The van der Waals surface area contributed by atoms with Crippen molar-refractivity contribution in [3.63, 3.8) is 0 Å². The summed E-state index contributed by atoms with van der Waals surface area (Å²) >= 11 is 6.19. The molecule has 0 saturated heterocycles. The number of carbonyl (C=O) groups is 1. The number of H-pyrrole nitrogens is 1. The minimum Gasteiger partial charge on any atom is -0.450 e. The van der Waals surface area contributed by atoms with E-state index in [1.54, 1.807) is 0 Å². The monoisotopic (exact) mass is 360 g/mol. The van der Waals surface area contributed by atoms with E-state index in [1.165, 1.54) is 10.9 Å². The molecule has 1 aliphatic heterocycles. The van der Waals surface area contributed by atoms with Crippen LogP contribution in [0.5, 0.6) is 0 Å². The molecule has 0 bridgehead atoms. The van der Waals surface area contributed by atoms with Crippen LogP contribution in [0.1, 0.15) is 50.4 Å². The molecule has 1 N–H and O–H groups in total. The number of aromatic amines is 1. The second-order valence-corrected chi connectivity index (χ2v) is 6.76. The average Bonchev–Trinajstić information content (AvgIpc) is 2.97. The summed E-state index contributed by atoms with van der Waals surface area (Å²) in [5.41, 5.74) is 3.48. The normalized spacial score (nSPS) is 17.2. The molecule has 0 radical (unpaired) electrons. The minimum atomic E-state index is -0.227. The fourth-order valence-electron chi connectivity index (χ4n) is 3.60. The van der Waals surface area contributed by atoms with E-state index < -0.39 is 0 Å². The molecule has 3 rings (SSSR count). The zero-order valence-corrected chi connectivity index (χ0v) is 15.6. The third-order valence-corrected chi connectivity index (χ3v) is 4.96. The van der Waals surface area contributed by atoms with Gasteiger partial charge in [-0.2, -0.15) is 0 Å². The lowest BCUT2D eigenvalue weighted by molar-refractivity contribution is 0.0839. The molecule has 2 aromatic rings. The van der Waals surface area contributed by atoms with Crippen molar-refractivity contribution >= 4 is 28.6 Å². The lowest BCUT2D eigenvalue weighted by Gasteiger charge is -2.35. The topological polar surface area (TPSA) is 45.3 Å². The number of aromatic nitrogens is 1. The quantitative estimate of drug-likeness (QED) is 0.703. The maximum Gasteiger partial charge on any atom is 0.410 e. The summed E-state index contributed by atoms with van der Waals surface area (Å²) in [4.78, 5) is 17.8. The molecule has 0 fully saturated rings. The molecule has 5 heteroatoms. The average molecular weight is 361 g/mol. The molecule has 1 aromatic carbocycles. The molecule has 4 nitrogen and oxygen atoms in total. The first-order valence-corrected chi connectivity index (χ1v) is 9.41. The van der Waals surface area contributed by atoms with Crippen molar-refractivity contribution in [2.75, 3.05) is 13.2 Å². The number of amides is 1. The van der Waals surface area contributed by atoms with Crippen LogP contribution in [0.2, 0.25) is 5.02 Å². The number of hydrogen-bond acceptors (Lipinski definition) is 2. The van der Waals surface area contributed by atoms with E-state index in [-0.39, 0.29) is 12.1 Å². The SMILES string of the molecule is CCC=CCCC1c2[nH]c3ccc(Cl)cc3c2CCN1C(=O)OCC. The van der Waals surface area contributed by atoms with Crippen LogP contribution in [0.4, 0.5) is 4.79 Å². The van der Waals surface area contributed by atoms with Gasteiger partial charge >= 0.3 is 6.09 Å². The first-order valence-electron chi connectivity index (χ1n) is 9.04. The van der Waals surface area contributed by atoms with Crippen LogP contribution < -0.4 is 0 Å². The third-order valence-electron chi connectivity index (χ3n) is 4.72. The van der Waals surface area contributed by atoms with Crippen LogP contribution in [0, 0.1) is 0 Å². The standard InChI is InChI=1S/C20H25ClN2O2/c1-3-5-6-7-8-18-19-15(11-12-23(18)20(24)25-4-2)16-13-14(21)9-10-17(16)22-19/h5-6,9-10,13,18,22H,3-4,7-8,11-12H2,1-2H3. The number of carbonyl (C=O) groups excluding carboxylic acids is 1. The van der Waals surface area contributed by atoms with Crippen LogP contribution in [0.25, 0.3) is 10.9 Å². The Labute approximate surface area is 153 Å². The molecule has 134 valence electrons. The Morgan fingerprint density at radius 1 is 1.40 bits per heavy atom. The van der Waals surface area contributed by atoms with Gasteiger partial charge in [-0.15, -0.1) is 0 Å². The van der Waals surface area contributed by atoms with Gasteiger partial charge in [-0.25, -0.2) is 4.79 Å². The summed E-state index contributed by atoms with van der Waals surface area (Å²) in [6.45, 7) is 5.04. The molecule has 0 spiro atoms. The molecule has 25 heavy (non-hydrogen) atoms. The van der Waals surface area contributed by atoms with Gasteiger partial charge in [0.25, 0.3) is 0 Å². The number of nitrogens with one attached hydrogen (secondary N) is 1. The summed E-state index contributed by atoms with van der Waals surface area (Å²) in [6.07, 6.45) is 7.79. The Kier molecular flexibility index (Phi) is 5.69. The third kappa shape index (κ3) is 3.69. The van der Waals surface area contributed by atoms with Gasteiger partial charge in [0.15, 0.2) is 0 Å². The van der Waals surface area contributed by atoms with Crippen molar-refractivity contribution in [1.29, 1.82) is 0 Å². The largest absolute Gasteiger partial charge is 0.450 e. The Morgan fingerprint density at radius 2 is 2.24 bits per heavy atom. The highest BCUT2D eigenvalue weighted by molar-refractivity contribution is 6.31. The molecule has 1 aromatic heterocycles. The van der Waals surface area contributed by atoms with E-state index in [9.17, 15) is 4.79 Å². The lowest BCUT2D eigenvalue weighted by Crippen LogP contribution is -2.40. The highest BCUT2D eigenvalue weighted by Crippen LogP contribution is 2.38. The molecular formula is C20H25ClN2O2. The van der Waals surface area contributed by atoms with Crippen molar-refractivity contribution < 1.29 is 9.53 Å². The first-order chi connectivity index (χ1) is 12.2. The molecule has 1 amide bonds. The maximum absolute atomic E-state index is 12.4. The maximum atomic E-state index is 12.4. The number of rotatable bonds is 5. The zero-order chi connectivity index (χ0) is 17.8. The van der Waals surface area contributed by atoms with Gasteiger partial charge in [0.1, 0.15) is 0 Å². The number of ether oxygens (including phenoxy) is 1. The number of halogens is 1. The van der Waals surface area contributed by atoms with Crippen LogP contribution in [-0.4, -0.2) is 29.1 Å². The molecule has 2 heterocycles. The first kappa shape index (κ1) is 17.9. The zero-order valence-electron chi connectivity index (χ0n) is 14.8. The number of benzene rings is 1. The van der Waals surface area contributed by atoms with Gasteiger partial charge in [-0.1, -0.05) is 30.7 Å². The molecular weight excluding hydrogens is 336 g/mol. The summed E-state index contributed by atoms with van der Waals surface area (Å²) in [7, 11) is 0. The van der Waals surface area contributed by atoms with Gasteiger partial charge in [0, 0.05) is 28.2 Å². The van der Waals surface area contributed by atoms with Crippen LogP contribution in [0.3, 0.4) is 0 Å². The van der Waals surface area contributed by atoms with Crippen LogP contribution >= 0.6 is 11.6 Å². The van der Waals surface area contributed by atoms with Gasteiger partial charge in [-0.3, -0.25) is 4.90 Å². The van der Waals surface area contributed by atoms with E-state index in [2.05, 4.69) is 24.1 Å². The Bertz CT molecular complexity index is 781. The summed E-state index contributed by atoms with van der Waals surface area (Å²) in [5, 5.41) is 1.91. The molecule has 1 atom stereocenters. The predicted molar refractivity (Wildman–Crippen MR) is 102 cm³/mol. The number of nitrogens with zero attached hydrogens (tertiary/aromatic N) is 1. The van der Waals surface area contributed by atoms with Gasteiger partial charge in [-0.05, 0) is 56.4 Å². The second-order valence-electron chi connectivity index (χ2n) is 6.32. The summed E-state index contributed by atoms with van der Waals surface area (Å²) in [6, 6.07) is 5.93. The highest BCUT2D eigenvalue weighted by Gasteiger charge is 2.33. The Hall–Kier alpha value is -1.94. The lowest BCUT2D eigenvalue weighted by atomic mass is 9.94. The van der Waals surface area contributed by atoms with Gasteiger partial charge < -0.3 is 9.72 Å². The summed E-state index contributed by atoms with van der Waals surface area (Å²) < 4.78 is 5.28. The van der Waals surface area contributed by atoms with E-state index in [4.69, 9.17) is 16.3 Å². The number of hydrogen-bond donors (Lipinski definition) is 1. The number of allylic oxidation sites excluding steroid dienone is 2. The highest BCUT2D eigenvalue weighted by atomic mass is 35.5. The fourth-order valence-corrected chi connectivity index (χ4v) is 3.77. The molecule has 1 aliphatic rings. The second kappa shape index (κ2) is 7.96. The van der Waals surface area contributed by atoms with E-state index in [0.717, 1.165) is 41.9 Å². The predicted octanol–water partition coefficient (Wildman–Crippen LogP) is 5.62. The fraction of sp³-hybridized carbons (Fsp3) is 0.450. The van der Waals surface area contributed by atoms with Crippen LogP contribution in [0.15, 0.2) is 30.4 Å². The van der Waals surface area contributed by atoms with Crippen molar-refractivity contribution in [2.24, 2.45) is 0 Å². The van der Waals surface area contributed by atoms with Gasteiger partial charge in [0.2, 0.25) is 0 Å². The van der Waals surface area contributed by atoms with E-state index in [0.29, 0.717) is 13.2 Å². The Balaban J connectivity index is 1.96. The van der Waals surface area contributed by atoms with Crippen molar-refractivity contribution in [3.8, 4) is 0 Å². The van der Waals surface area contributed by atoms with E-state index >= 15 is 0 Å². The van der Waals surface area contributed by atoms with Crippen molar-refractivity contribution in [1.82, 2.24) is 9.88 Å². The molecule has 0 aliphatic carbocycles. The van der Waals surface area contributed by atoms with Crippen molar-refractivity contribution in [3.05, 3.63) is 46.6 Å². The summed E-state index contributed by atoms with van der Waals surface area (Å²) in [5.74, 6) is 0. The Morgan fingerprint density at radius 3 is 3.00 bits per heavy atom. The number of fused-ring (bicyclic) bond motifs is 3. The van der Waals surface area contributed by atoms with Crippen LogP contribution in [-0.2, 0) is 11.2 Å². The minimum absolute atomic E-state index is 0.00971. The molecule has 0 saturated carbocycles. The van der Waals surface area contributed by atoms with E-state index in [1.807, 2.05) is 30.0 Å². The van der Waals surface area contributed by atoms with Gasteiger partial charge in [0.05, 0.1) is 12.6 Å². The van der Waals surface area contributed by atoms with Crippen molar-refractivity contribution in [2.45, 2.75) is 45.6 Å². The molecule has 1 unspecified atom stereocenters.